The van der Waals surface area contributed by atoms with Crippen molar-refractivity contribution in [2.75, 3.05) is 40.3 Å². The largest absolute Gasteiger partial charge is 0.375 e. The van der Waals surface area contributed by atoms with E-state index in [9.17, 15) is 9.59 Å². The minimum Gasteiger partial charge on any atom is -0.375 e. The van der Waals surface area contributed by atoms with Crippen LogP contribution in [0, 0.1) is 0 Å². The van der Waals surface area contributed by atoms with Crippen LogP contribution in [0.5, 0.6) is 0 Å². The molecule has 1 aromatic carbocycles. The topological polar surface area (TPSA) is 88.5 Å². The molecule has 0 radical (unpaired) electrons. The molecule has 2 aromatic rings. The molecule has 2 heterocycles. The van der Waals surface area contributed by atoms with Gasteiger partial charge in [-0.3, -0.25) is 14.3 Å². The number of carbonyl (C=O) groups excluding carboxylic acids is 2. The molecule has 0 saturated carbocycles. The summed E-state index contributed by atoms with van der Waals surface area (Å²) in [5.74, 6) is -0.573. The molecule has 0 bridgehead atoms. The van der Waals surface area contributed by atoms with E-state index in [1.807, 2.05) is 37.3 Å². The Bertz CT molecular complexity index is 836. The molecule has 0 aliphatic carbocycles. The van der Waals surface area contributed by atoms with Crippen LogP contribution in [-0.2, 0) is 4.74 Å². The van der Waals surface area contributed by atoms with Gasteiger partial charge in [0.25, 0.3) is 11.8 Å². The third kappa shape index (κ3) is 5.21. The second-order valence-corrected chi connectivity index (χ2v) is 7.32. The van der Waals surface area contributed by atoms with Crippen molar-refractivity contribution in [1.82, 2.24) is 25.3 Å². The number of ether oxygens (including phenoxy) is 1. The van der Waals surface area contributed by atoms with Crippen LogP contribution >= 0.6 is 0 Å². The average molecular weight is 399 g/mol. The van der Waals surface area contributed by atoms with E-state index >= 15 is 0 Å². The molecule has 1 aliphatic heterocycles. The monoisotopic (exact) mass is 399 g/mol. The number of carbonyl (C=O) groups is 2. The van der Waals surface area contributed by atoms with Gasteiger partial charge in [-0.2, -0.15) is 5.10 Å². The van der Waals surface area contributed by atoms with Crippen LogP contribution in [0.3, 0.4) is 0 Å². The molecule has 8 nitrogen and oxygen atoms in total. The van der Waals surface area contributed by atoms with Crippen molar-refractivity contribution in [3.8, 4) is 0 Å². The molecule has 2 atom stereocenters. The average Bonchev–Trinajstić information content (AvgIpc) is 3.19. The van der Waals surface area contributed by atoms with Crippen LogP contribution in [0.25, 0.3) is 0 Å². The number of benzene rings is 1. The zero-order valence-electron chi connectivity index (χ0n) is 17.2. The van der Waals surface area contributed by atoms with Crippen molar-refractivity contribution in [2.45, 2.75) is 25.5 Å². The number of morpholine rings is 1. The van der Waals surface area contributed by atoms with Gasteiger partial charge in [-0.15, -0.1) is 0 Å². The zero-order valence-corrected chi connectivity index (χ0v) is 17.2. The Morgan fingerprint density at radius 1 is 1.28 bits per heavy atom. The van der Waals surface area contributed by atoms with Crippen LogP contribution < -0.4 is 10.6 Å². The maximum absolute atomic E-state index is 12.9. The second-order valence-electron chi connectivity index (χ2n) is 7.32. The quantitative estimate of drug-likeness (QED) is 0.733. The fraction of sp³-hybridized carbons (Fsp3) is 0.476. The summed E-state index contributed by atoms with van der Waals surface area (Å²) in [5.41, 5.74) is 1.59. The normalized spacial score (nSPS) is 18.2. The predicted octanol–water partition coefficient (Wildman–Crippen LogP) is 1.30. The number of nitrogens with zero attached hydrogens (tertiary/aromatic N) is 3. The predicted molar refractivity (Wildman–Crippen MR) is 110 cm³/mol. The fourth-order valence-corrected chi connectivity index (χ4v) is 3.45. The highest BCUT2D eigenvalue weighted by Crippen LogP contribution is 2.20. The minimum absolute atomic E-state index is 0.114. The van der Waals surface area contributed by atoms with E-state index in [-0.39, 0.29) is 29.7 Å². The molecule has 2 amide bonds. The van der Waals surface area contributed by atoms with Gasteiger partial charge in [0.1, 0.15) is 5.69 Å². The van der Waals surface area contributed by atoms with Crippen molar-refractivity contribution >= 4 is 11.8 Å². The number of hydrogen-bond donors (Lipinski definition) is 2. The van der Waals surface area contributed by atoms with Gasteiger partial charge < -0.3 is 20.3 Å². The van der Waals surface area contributed by atoms with Gasteiger partial charge in [0, 0.05) is 32.7 Å². The molecule has 156 valence electrons. The maximum Gasteiger partial charge on any atom is 0.271 e. The van der Waals surface area contributed by atoms with Crippen molar-refractivity contribution in [3.05, 3.63) is 53.3 Å². The Labute approximate surface area is 171 Å². The minimum atomic E-state index is -0.322. The van der Waals surface area contributed by atoms with Gasteiger partial charge in [-0.05, 0) is 26.0 Å². The highest BCUT2D eigenvalue weighted by Gasteiger charge is 2.23. The molecule has 8 heteroatoms. The molecule has 1 aliphatic rings. The summed E-state index contributed by atoms with van der Waals surface area (Å²) in [6.45, 7) is 4.96. The zero-order chi connectivity index (χ0) is 20.8. The van der Waals surface area contributed by atoms with Gasteiger partial charge in [-0.25, -0.2) is 0 Å². The molecule has 1 saturated heterocycles. The van der Waals surface area contributed by atoms with E-state index in [0.29, 0.717) is 18.8 Å². The number of rotatable bonds is 7. The summed E-state index contributed by atoms with van der Waals surface area (Å²) in [4.78, 5) is 27.2. The maximum atomic E-state index is 12.9. The summed E-state index contributed by atoms with van der Waals surface area (Å²) in [5, 5.41) is 9.91. The lowest BCUT2D eigenvalue weighted by Gasteiger charge is -2.30. The molecule has 1 fully saturated rings. The first-order valence-electron chi connectivity index (χ1n) is 9.94. The molecular formula is C21H29N5O3. The summed E-state index contributed by atoms with van der Waals surface area (Å²) < 4.78 is 7.35. The second kappa shape index (κ2) is 9.67. The van der Waals surface area contributed by atoms with Crippen molar-refractivity contribution < 1.29 is 14.3 Å². The molecule has 0 spiro atoms. The standard InChI is InChI=1S/C21H29N5O3/c1-15(16-7-5-4-6-8-16)26-19(13-18(24-26)20(27)22-2)21(28)23-10-9-17-14-25(3)11-12-29-17/h4-8,13,15,17H,9-12,14H2,1-3H3,(H,22,27)(H,23,28)/t15-,17?/m0/s1. The van der Waals surface area contributed by atoms with Crippen molar-refractivity contribution in [2.24, 2.45) is 0 Å². The smallest absolute Gasteiger partial charge is 0.271 e. The summed E-state index contributed by atoms with van der Waals surface area (Å²) >= 11 is 0. The van der Waals surface area contributed by atoms with Crippen molar-refractivity contribution in [1.29, 1.82) is 0 Å². The molecule has 29 heavy (non-hydrogen) atoms. The van der Waals surface area contributed by atoms with Crippen LogP contribution in [0.4, 0.5) is 0 Å². The highest BCUT2D eigenvalue weighted by molar-refractivity contribution is 5.97. The lowest BCUT2D eigenvalue weighted by Crippen LogP contribution is -2.41. The van der Waals surface area contributed by atoms with Gasteiger partial charge in [0.15, 0.2) is 5.69 Å². The number of aromatic nitrogens is 2. The van der Waals surface area contributed by atoms with E-state index in [2.05, 4.69) is 27.7 Å². The third-order valence-corrected chi connectivity index (χ3v) is 5.17. The Hall–Kier alpha value is -2.71. The number of amides is 2. The molecule has 1 aromatic heterocycles. The van der Waals surface area contributed by atoms with E-state index in [0.717, 1.165) is 25.1 Å². The Morgan fingerprint density at radius 2 is 2.03 bits per heavy atom. The first-order chi connectivity index (χ1) is 14.0. The van der Waals surface area contributed by atoms with Crippen molar-refractivity contribution in [3.63, 3.8) is 0 Å². The van der Waals surface area contributed by atoms with Gasteiger partial charge >= 0.3 is 0 Å². The molecule has 2 N–H and O–H groups in total. The van der Waals surface area contributed by atoms with E-state index in [1.54, 1.807) is 17.8 Å². The van der Waals surface area contributed by atoms with Crippen LogP contribution in [0.15, 0.2) is 36.4 Å². The van der Waals surface area contributed by atoms with Gasteiger partial charge in [0.05, 0.1) is 18.8 Å². The third-order valence-electron chi connectivity index (χ3n) is 5.17. The molecular weight excluding hydrogens is 370 g/mol. The van der Waals surface area contributed by atoms with Gasteiger partial charge in [0.2, 0.25) is 0 Å². The van der Waals surface area contributed by atoms with Crippen LogP contribution in [-0.4, -0.2) is 72.9 Å². The Morgan fingerprint density at radius 3 is 2.72 bits per heavy atom. The molecule has 3 rings (SSSR count). The lowest BCUT2D eigenvalue weighted by atomic mass is 10.1. The summed E-state index contributed by atoms with van der Waals surface area (Å²) in [6, 6.07) is 11.1. The summed E-state index contributed by atoms with van der Waals surface area (Å²) in [6.07, 6.45) is 0.851. The first kappa shape index (κ1) is 21.0. The SMILES string of the molecule is CNC(=O)c1cc(C(=O)NCCC2CN(C)CCO2)n([C@@H](C)c2ccccc2)n1. The van der Waals surface area contributed by atoms with E-state index in [1.165, 1.54) is 0 Å². The van der Waals surface area contributed by atoms with E-state index < -0.39 is 0 Å². The fourth-order valence-electron chi connectivity index (χ4n) is 3.45. The van der Waals surface area contributed by atoms with Crippen LogP contribution in [0.1, 0.15) is 45.9 Å². The Balaban J connectivity index is 1.73. The number of likely N-dealkylation sites (N-methyl/N-ethyl adjacent to an activating group) is 1. The van der Waals surface area contributed by atoms with Gasteiger partial charge in [-0.1, -0.05) is 30.3 Å². The highest BCUT2D eigenvalue weighted by atomic mass is 16.5. The first-order valence-corrected chi connectivity index (χ1v) is 9.94. The number of nitrogens with one attached hydrogen (secondary N) is 2. The Kier molecular flexibility index (Phi) is 7.00. The summed E-state index contributed by atoms with van der Waals surface area (Å²) in [7, 11) is 3.61. The lowest BCUT2D eigenvalue weighted by molar-refractivity contribution is -0.0226. The molecule has 1 unspecified atom stereocenters. The van der Waals surface area contributed by atoms with E-state index in [4.69, 9.17) is 4.74 Å². The number of hydrogen-bond acceptors (Lipinski definition) is 5. The van der Waals surface area contributed by atoms with Crippen LogP contribution in [0.2, 0.25) is 0 Å².